The summed E-state index contributed by atoms with van der Waals surface area (Å²) in [5.74, 6) is 0.716. The van der Waals surface area contributed by atoms with Gasteiger partial charge in [0.15, 0.2) is 0 Å². The largest absolute Gasteiger partial charge is 0.397 e. The average molecular weight is 494 g/mol. The fourth-order valence-corrected chi connectivity index (χ4v) is 4.14. The van der Waals surface area contributed by atoms with Crippen LogP contribution in [-0.4, -0.2) is 26.1 Å². The van der Waals surface area contributed by atoms with Crippen molar-refractivity contribution in [2.75, 3.05) is 7.11 Å². The van der Waals surface area contributed by atoms with Crippen molar-refractivity contribution < 1.29 is 17.2 Å². The van der Waals surface area contributed by atoms with Gasteiger partial charge < -0.3 is 5.73 Å². The van der Waals surface area contributed by atoms with Crippen LogP contribution in [0.5, 0.6) is 0 Å². The van der Waals surface area contributed by atoms with Gasteiger partial charge in [0.25, 0.3) is 0 Å². The second-order valence-corrected chi connectivity index (χ2v) is 11.0. The zero-order valence-electron chi connectivity index (χ0n) is 22.7. The summed E-state index contributed by atoms with van der Waals surface area (Å²) < 4.78 is 29.7. The predicted molar refractivity (Wildman–Crippen MR) is 144 cm³/mol. The minimum atomic E-state index is -4.16. The van der Waals surface area contributed by atoms with Crippen LogP contribution in [0.15, 0.2) is 0 Å². The van der Waals surface area contributed by atoms with Crippen LogP contribution in [-0.2, 0) is 14.6 Å². The van der Waals surface area contributed by atoms with Crippen molar-refractivity contribution in [1.82, 2.24) is 0 Å². The lowest BCUT2D eigenvalue weighted by molar-refractivity contribution is 0.324. The Balaban J connectivity index is 0. The van der Waals surface area contributed by atoms with E-state index in [4.69, 9.17) is 10.3 Å². The van der Waals surface area contributed by atoms with Crippen LogP contribution in [0, 0.1) is 5.92 Å². The topological polar surface area (TPSA) is 89.6 Å². The van der Waals surface area contributed by atoms with Crippen molar-refractivity contribution in [3.05, 3.63) is 0 Å². The highest BCUT2D eigenvalue weighted by Gasteiger charge is 2.11. The third-order valence-electron chi connectivity index (χ3n) is 6.60. The zero-order chi connectivity index (χ0) is 25.2. The second-order valence-electron chi connectivity index (χ2n) is 9.82. The minimum absolute atomic E-state index is 0.438. The molecule has 3 N–H and O–H groups in total. The molecule has 0 spiro atoms. The normalized spacial score (nSPS) is 13.4. The Hall–Kier alpha value is -0.170. The van der Waals surface area contributed by atoms with Gasteiger partial charge in [0.05, 0.1) is 7.11 Å². The van der Waals surface area contributed by atoms with Crippen LogP contribution < -0.4 is 5.73 Å². The summed E-state index contributed by atoms with van der Waals surface area (Å²) in [6, 6.07) is 0.438. The van der Waals surface area contributed by atoms with Crippen LogP contribution in [0.25, 0.3) is 0 Å². The highest BCUT2D eigenvalue weighted by Crippen LogP contribution is 2.18. The van der Waals surface area contributed by atoms with Crippen LogP contribution >= 0.6 is 0 Å². The van der Waals surface area contributed by atoms with E-state index in [1.54, 1.807) is 0 Å². The van der Waals surface area contributed by atoms with E-state index in [1.807, 2.05) is 0 Å². The van der Waals surface area contributed by atoms with Crippen molar-refractivity contribution in [3.63, 3.8) is 0 Å². The van der Waals surface area contributed by atoms with Gasteiger partial charge in [-0.15, -0.1) is 0 Å². The molecule has 0 aliphatic rings. The molecule has 0 aromatic carbocycles. The number of unbranched alkanes of at least 4 members (excludes halogenated alkanes) is 17. The Morgan fingerprint density at radius 3 is 1.24 bits per heavy atom. The Morgan fingerprint density at radius 1 is 0.636 bits per heavy atom. The Bertz CT molecular complexity index is 471. The highest BCUT2D eigenvalue weighted by molar-refractivity contribution is 7.80. The Morgan fingerprint density at radius 2 is 0.909 bits per heavy atom. The number of nitrogens with two attached hydrogens (primary N) is 1. The van der Waals surface area contributed by atoms with E-state index in [0.29, 0.717) is 12.0 Å². The Labute approximate surface area is 208 Å². The van der Waals surface area contributed by atoms with Crippen molar-refractivity contribution >= 4 is 10.4 Å². The highest BCUT2D eigenvalue weighted by atomic mass is 32.3. The monoisotopic (exact) mass is 493 g/mol. The van der Waals surface area contributed by atoms with Crippen molar-refractivity contribution in [1.29, 1.82) is 0 Å². The standard InChI is InChI=1S/C26H55N.CH4O4S/c1-4-6-8-9-10-11-12-13-14-15-16-17-18-19-20-22-23-25(3)26(27)24-21-7-5-2;1-5-6(2,3)4/h25-26H,4-24,27H2,1-3H3;1H3,(H,2,3,4). The molecule has 0 aliphatic heterocycles. The first kappa shape index (κ1) is 35.0. The predicted octanol–water partition coefficient (Wildman–Crippen LogP) is 8.62. The van der Waals surface area contributed by atoms with Gasteiger partial charge in [0.1, 0.15) is 0 Å². The average Bonchev–Trinajstić information content (AvgIpc) is 2.78. The smallest absolute Gasteiger partial charge is 0.327 e. The van der Waals surface area contributed by atoms with E-state index < -0.39 is 10.4 Å². The lowest BCUT2D eigenvalue weighted by atomic mass is 9.92. The molecule has 5 nitrogen and oxygen atoms in total. The molecular formula is C27H59NO4S. The summed E-state index contributed by atoms with van der Waals surface area (Å²) in [7, 11) is -3.29. The molecule has 0 aliphatic carbocycles. The molecule has 6 heteroatoms. The summed E-state index contributed by atoms with van der Waals surface area (Å²) in [6.07, 6.45) is 29.8. The molecule has 0 bridgehead atoms. The number of hydrogen-bond donors (Lipinski definition) is 2. The lowest BCUT2D eigenvalue weighted by Gasteiger charge is -2.19. The summed E-state index contributed by atoms with van der Waals surface area (Å²) in [4.78, 5) is 0. The molecule has 0 amide bonds. The van der Waals surface area contributed by atoms with Crippen LogP contribution in [0.3, 0.4) is 0 Å². The quantitative estimate of drug-likeness (QED) is 0.110. The molecule has 0 aromatic heterocycles. The van der Waals surface area contributed by atoms with E-state index in [9.17, 15) is 8.42 Å². The molecule has 0 saturated heterocycles. The summed E-state index contributed by atoms with van der Waals surface area (Å²) in [5, 5.41) is 0. The van der Waals surface area contributed by atoms with Gasteiger partial charge in [-0.2, -0.15) is 8.42 Å². The van der Waals surface area contributed by atoms with Crippen LogP contribution in [0.4, 0.5) is 0 Å². The molecule has 2 atom stereocenters. The number of hydrogen-bond acceptors (Lipinski definition) is 4. The van der Waals surface area contributed by atoms with Gasteiger partial charge in [-0.3, -0.25) is 8.74 Å². The molecule has 2 unspecified atom stereocenters. The lowest BCUT2D eigenvalue weighted by Crippen LogP contribution is -2.28. The second kappa shape index (κ2) is 26.4. The molecule has 33 heavy (non-hydrogen) atoms. The fourth-order valence-electron chi connectivity index (χ4n) is 4.14. The summed E-state index contributed by atoms with van der Waals surface area (Å²) in [5.41, 5.74) is 6.32. The maximum absolute atomic E-state index is 9.33. The first-order valence-corrected chi connectivity index (χ1v) is 15.4. The van der Waals surface area contributed by atoms with Gasteiger partial charge in [-0.1, -0.05) is 143 Å². The first-order valence-electron chi connectivity index (χ1n) is 14.1. The van der Waals surface area contributed by atoms with Crippen LogP contribution in [0.2, 0.25) is 0 Å². The van der Waals surface area contributed by atoms with E-state index in [1.165, 1.54) is 135 Å². The molecule has 0 radical (unpaired) electrons. The van der Waals surface area contributed by atoms with E-state index in [2.05, 4.69) is 25.0 Å². The van der Waals surface area contributed by atoms with E-state index >= 15 is 0 Å². The van der Waals surface area contributed by atoms with Gasteiger partial charge >= 0.3 is 10.4 Å². The molecule has 0 saturated carbocycles. The molecule has 0 aromatic rings. The van der Waals surface area contributed by atoms with Crippen molar-refractivity contribution in [2.24, 2.45) is 11.7 Å². The van der Waals surface area contributed by atoms with Crippen molar-refractivity contribution in [2.45, 2.75) is 162 Å². The molecule has 0 heterocycles. The SMILES string of the molecule is CCCCCCCCCCCCCCCCCCC(C)C(N)CCCCC.COS(=O)(=O)O. The molecule has 0 fully saturated rings. The maximum atomic E-state index is 9.33. The maximum Gasteiger partial charge on any atom is 0.397 e. The third-order valence-corrected chi connectivity index (χ3v) is 7.02. The third kappa shape index (κ3) is 31.8. The minimum Gasteiger partial charge on any atom is -0.327 e. The fraction of sp³-hybridized carbons (Fsp3) is 1.00. The summed E-state index contributed by atoms with van der Waals surface area (Å²) >= 11 is 0. The first-order chi connectivity index (χ1) is 15.8. The van der Waals surface area contributed by atoms with Crippen molar-refractivity contribution in [3.8, 4) is 0 Å². The Kier molecular flexibility index (Phi) is 28.0. The van der Waals surface area contributed by atoms with E-state index in [0.717, 1.165) is 7.11 Å². The van der Waals surface area contributed by atoms with Gasteiger partial charge in [-0.05, 0) is 18.8 Å². The number of rotatable bonds is 23. The van der Waals surface area contributed by atoms with Gasteiger partial charge in [0, 0.05) is 6.04 Å². The molecular weight excluding hydrogens is 434 g/mol. The van der Waals surface area contributed by atoms with Gasteiger partial charge in [0.2, 0.25) is 0 Å². The van der Waals surface area contributed by atoms with Gasteiger partial charge in [-0.25, -0.2) is 0 Å². The zero-order valence-corrected chi connectivity index (χ0v) is 23.5. The summed E-state index contributed by atoms with van der Waals surface area (Å²) in [6.45, 7) is 6.93. The molecule has 202 valence electrons. The van der Waals surface area contributed by atoms with Crippen LogP contribution in [0.1, 0.15) is 156 Å². The van der Waals surface area contributed by atoms with E-state index in [-0.39, 0.29) is 0 Å². The molecule has 0 rings (SSSR count).